The SMILES string of the molecule is COc1ccc2c3c1O[C@H]1C[C@@H](O)C=C[C@@]31CCN(CCCCN(C(=O)OC(C)(C)C)C13CC4CC(C)(CC(C)(C4)C1)C3)C2. The van der Waals surface area contributed by atoms with Crippen LogP contribution in [0.5, 0.6) is 11.5 Å². The number of nitrogens with zero attached hydrogens (tertiary/aromatic N) is 2. The van der Waals surface area contributed by atoms with Crippen LogP contribution in [0.25, 0.3) is 0 Å². The zero-order valence-corrected chi connectivity index (χ0v) is 27.9. The molecule has 4 bridgehead atoms. The molecular formula is C37H54N2O5. The number of carbonyl (C=O) groups is 1. The number of unbranched alkanes of at least 4 members (excludes halogenated alkanes) is 1. The normalized spacial score (nSPS) is 38.5. The summed E-state index contributed by atoms with van der Waals surface area (Å²) in [6.07, 6.45) is 14.4. The van der Waals surface area contributed by atoms with E-state index in [-0.39, 0.29) is 23.2 Å². The van der Waals surface area contributed by atoms with E-state index in [2.05, 4.69) is 35.8 Å². The maximum Gasteiger partial charge on any atom is 0.410 e. The topological polar surface area (TPSA) is 71.5 Å². The van der Waals surface area contributed by atoms with Gasteiger partial charge in [0.15, 0.2) is 11.5 Å². The summed E-state index contributed by atoms with van der Waals surface area (Å²) in [7, 11) is 1.70. The third kappa shape index (κ3) is 5.14. The molecular weight excluding hydrogens is 552 g/mol. The fourth-order valence-corrected chi connectivity index (χ4v) is 11.3. The lowest BCUT2D eigenvalue weighted by Gasteiger charge is -2.67. The molecule has 242 valence electrons. The van der Waals surface area contributed by atoms with Crippen molar-refractivity contribution in [3.63, 3.8) is 0 Å². The molecule has 4 fully saturated rings. The Labute approximate surface area is 264 Å². The smallest absolute Gasteiger partial charge is 0.410 e. The molecule has 5 aliphatic carbocycles. The van der Waals surface area contributed by atoms with Crippen LogP contribution in [0.2, 0.25) is 0 Å². The van der Waals surface area contributed by atoms with Crippen LogP contribution >= 0.6 is 0 Å². The van der Waals surface area contributed by atoms with Crippen LogP contribution in [0.15, 0.2) is 24.3 Å². The Hall–Kier alpha value is -2.25. The predicted molar refractivity (Wildman–Crippen MR) is 171 cm³/mol. The Kier molecular flexibility index (Phi) is 7.17. The molecule has 2 heterocycles. The van der Waals surface area contributed by atoms with E-state index < -0.39 is 11.7 Å². The van der Waals surface area contributed by atoms with Gasteiger partial charge in [-0.05, 0) is 120 Å². The van der Waals surface area contributed by atoms with E-state index in [0.717, 1.165) is 82.1 Å². The molecule has 1 N–H and O–H groups in total. The monoisotopic (exact) mass is 606 g/mol. The summed E-state index contributed by atoms with van der Waals surface area (Å²) in [5, 5.41) is 10.4. The van der Waals surface area contributed by atoms with Crippen LogP contribution in [-0.4, -0.2) is 71.1 Å². The average molecular weight is 607 g/mol. The molecule has 4 saturated carbocycles. The van der Waals surface area contributed by atoms with Crippen LogP contribution in [0.1, 0.15) is 110 Å². The number of carbonyl (C=O) groups excluding carboxylic acids is 1. The van der Waals surface area contributed by atoms with Crippen LogP contribution in [-0.2, 0) is 16.7 Å². The predicted octanol–water partition coefficient (Wildman–Crippen LogP) is 6.99. The number of hydrogen-bond acceptors (Lipinski definition) is 6. The first-order valence-electron chi connectivity index (χ1n) is 17.2. The molecule has 2 unspecified atom stereocenters. The van der Waals surface area contributed by atoms with Crippen molar-refractivity contribution in [2.24, 2.45) is 16.7 Å². The zero-order chi connectivity index (χ0) is 31.1. The van der Waals surface area contributed by atoms with E-state index in [0.29, 0.717) is 17.3 Å². The van der Waals surface area contributed by atoms with Gasteiger partial charge >= 0.3 is 6.09 Å². The van der Waals surface area contributed by atoms with Crippen molar-refractivity contribution >= 4 is 6.09 Å². The van der Waals surface area contributed by atoms with Crippen molar-refractivity contribution in [2.75, 3.05) is 26.7 Å². The third-order valence-corrected chi connectivity index (χ3v) is 11.9. The van der Waals surface area contributed by atoms with Gasteiger partial charge in [0.2, 0.25) is 0 Å². The lowest BCUT2D eigenvalue weighted by Crippen LogP contribution is -2.66. The van der Waals surface area contributed by atoms with Gasteiger partial charge in [-0.15, -0.1) is 0 Å². The van der Waals surface area contributed by atoms with Gasteiger partial charge in [-0.3, -0.25) is 4.90 Å². The molecule has 7 aliphatic rings. The summed E-state index contributed by atoms with van der Waals surface area (Å²) >= 11 is 0. The van der Waals surface area contributed by atoms with Crippen molar-refractivity contribution < 1.29 is 24.1 Å². The van der Waals surface area contributed by atoms with Gasteiger partial charge < -0.3 is 24.2 Å². The molecule has 5 atom stereocenters. The molecule has 7 heteroatoms. The number of rotatable bonds is 7. The van der Waals surface area contributed by atoms with Gasteiger partial charge in [-0.1, -0.05) is 32.1 Å². The van der Waals surface area contributed by atoms with E-state index in [1.165, 1.54) is 30.4 Å². The van der Waals surface area contributed by atoms with E-state index in [9.17, 15) is 9.90 Å². The second-order valence-electron chi connectivity index (χ2n) is 17.2. The number of aliphatic hydroxyl groups excluding tert-OH is 1. The van der Waals surface area contributed by atoms with Gasteiger partial charge in [-0.2, -0.15) is 0 Å². The maximum atomic E-state index is 13.9. The molecule has 1 spiro atoms. The number of hydrogen-bond donors (Lipinski definition) is 1. The van der Waals surface area contributed by atoms with Gasteiger partial charge in [0.1, 0.15) is 11.7 Å². The summed E-state index contributed by atoms with van der Waals surface area (Å²) in [5.74, 6) is 2.37. The highest BCUT2D eigenvalue weighted by atomic mass is 16.6. The maximum absolute atomic E-state index is 13.9. The first-order chi connectivity index (χ1) is 20.7. The number of amides is 1. The molecule has 1 aromatic carbocycles. The Morgan fingerprint density at radius 1 is 1.11 bits per heavy atom. The fourth-order valence-electron chi connectivity index (χ4n) is 11.3. The van der Waals surface area contributed by atoms with Crippen molar-refractivity contribution in [1.29, 1.82) is 0 Å². The largest absolute Gasteiger partial charge is 0.493 e. The highest BCUT2D eigenvalue weighted by Crippen LogP contribution is 2.68. The molecule has 44 heavy (non-hydrogen) atoms. The molecule has 1 aromatic rings. The Balaban J connectivity index is 1.07. The molecule has 8 rings (SSSR count). The average Bonchev–Trinajstić information content (AvgIpc) is 3.13. The Bertz CT molecular complexity index is 1320. The van der Waals surface area contributed by atoms with Gasteiger partial charge in [-0.25, -0.2) is 4.79 Å². The Morgan fingerprint density at radius 2 is 1.86 bits per heavy atom. The highest BCUT2D eigenvalue weighted by Gasteiger charge is 2.63. The molecule has 0 radical (unpaired) electrons. The Morgan fingerprint density at radius 3 is 2.55 bits per heavy atom. The van der Waals surface area contributed by atoms with E-state index in [1.54, 1.807) is 7.11 Å². The van der Waals surface area contributed by atoms with Crippen LogP contribution < -0.4 is 9.47 Å². The zero-order valence-electron chi connectivity index (χ0n) is 27.9. The second kappa shape index (κ2) is 10.4. The van der Waals surface area contributed by atoms with Crippen molar-refractivity contribution in [1.82, 2.24) is 9.80 Å². The minimum absolute atomic E-state index is 0.0705. The fraction of sp³-hybridized carbons (Fsp3) is 0.757. The number of methoxy groups -OCH3 is 1. The van der Waals surface area contributed by atoms with E-state index in [4.69, 9.17) is 14.2 Å². The summed E-state index contributed by atoms with van der Waals surface area (Å²) in [6.45, 7) is 14.5. The quantitative estimate of drug-likeness (QED) is 0.267. The minimum atomic E-state index is -0.501. The van der Waals surface area contributed by atoms with E-state index in [1.807, 2.05) is 32.9 Å². The molecule has 7 nitrogen and oxygen atoms in total. The summed E-state index contributed by atoms with van der Waals surface area (Å²) in [6, 6.07) is 4.24. The molecule has 2 aliphatic heterocycles. The van der Waals surface area contributed by atoms with Gasteiger partial charge in [0.25, 0.3) is 0 Å². The number of benzene rings is 1. The number of aliphatic hydroxyl groups is 1. The minimum Gasteiger partial charge on any atom is -0.493 e. The lowest BCUT2D eigenvalue weighted by atomic mass is 9.42. The molecule has 0 saturated heterocycles. The van der Waals surface area contributed by atoms with E-state index >= 15 is 0 Å². The van der Waals surface area contributed by atoms with Crippen LogP contribution in [0.3, 0.4) is 0 Å². The van der Waals surface area contributed by atoms with Crippen molar-refractivity contribution in [3.8, 4) is 11.5 Å². The van der Waals surface area contributed by atoms with Crippen molar-refractivity contribution in [2.45, 2.75) is 134 Å². The van der Waals surface area contributed by atoms with Gasteiger partial charge in [0, 0.05) is 30.6 Å². The third-order valence-electron chi connectivity index (χ3n) is 11.9. The van der Waals surface area contributed by atoms with Crippen LogP contribution in [0.4, 0.5) is 4.79 Å². The standard InChI is InChI=1S/C37H54N2O5/c1-33(2,3)44-32(41)39(36-20-25-18-34(4,23-36)22-35(5,19-25)24-36)15-8-7-14-38-16-13-37-12-11-27(40)17-29(37)43-31-28(42-6)10-9-26(21-38)30(31)37/h9-12,25,27,29,40H,7-8,13-24H2,1-6H3/t25?,27-,29-,34?,35?,36?,37-/m0/s1. The van der Waals surface area contributed by atoms with Crippen molar-refractivity contribution in [3.05, 3.63) is 35.4 Å². The van der Waals surface area contributed by atoms with Crippen LogP contribution in [0, 0.1) is 16.7 Å². The first kappa shape index (κ1) is 30.4. The van der Waals surface area contributed by atoms with Gasteiger partial charge in [0.05, 0.1) is 18.6 Å². The number of ether oxygens (including phenoxy) is 3. The summed E-state index contributed by atoms with van der Waals surface area (Å²) in [4.78, 5) is 18.7. The summed E-state index contributed by atoms with van der Waals surface area (Å²) < 4.78 is 18.3. The highest BCUT2D eigenvalue weighted by molar-refractivity contribution is 5.69. The summed E-state index contributed by atoms with van der Waals surface area (Å²) in [5.41, 5.74) is 2.44. The molecule has 1 amide bonds. The second-order valence-corrected chi connectivity index (χ2v) is 17.2. The molecule has 0 aromatic heterocycles. The lowest BCUT2D eigenvalue weighted by molar-refractivity contribution is -0.157. The first-order valence-corrected chi connectivity index (χ1v) is 17.2.